The second-order valence-corrected chi connectivity index (χ2v) is 2.16. The Bertz CT molecular complexity index is 38.5. The summed E-state index contributed by atoms with van der Waals surface area (Å²) in [7, 11) is -0.153. The maximum atomic E-state index is 7.96. The summed E-state index contributed by atoms with van der Waals surface area (Å²) < 4.78 is 4.48. The van der Waals surface area contributed by atoms with E-state index in [1.54, 1.807) is 5.70 Å². The third-order valence-corrected chi connectivity index (χ3v) is 1.19. The molecule has 0 aromatic rings. The lowest BCUT2D eigenvalue weighted by Crippen LogP contribution is -1.98. The summed E-state index contributed by atoms with van der Waals surface area (Å²) >= 11 is 0. The summed E-state index contributed by atoms with van der Waals surface area (Å²) in [6.07, 6.45) is 0. The molecule has 0 atom stereocenters. The molecular formula is C2H4O2Si2. The predicted octanol–water partition coefficient (Wildman–Crippen LogP) is -0.708. The average molecular weight is 116 g/mol. The largest absolute Gasteiger partial charge is 0.431 e. The third kappa shape index (κ3) is 4.09. The van der Waals surface area contributed by atoms with E-state index < -0.39 is 10.0 Å². The molecule has 4 radical (unpaired) electrons. The molecule has 0 unspecified atom stereocenters. The van der Waals surface area contributed by atoms with Crippen LogP contribution in [-0.4, -0.2) is 24.6 Å². The molecule has 0 aromatic carbocycles. The van der Waals surface area contributed by atoms with Gasteiger partial charge in [0.15, 0.2) is 0 Å². The quantitative estimate of drug-likeness (QED) is 0.390. The van der Waals surface area contributed by atoms with E-state index >= 15 is 0 Å². The van der Waals surface area contributed by atoms with E-state index in [0.717, 1.165) is 0 Å². The van der Waals surface area contributed by atoms with E-state index in [-0.39, 0.29) is 9.76 Å². The maximum Gasteiger partial charge on any atom is 0.418 e. The lowest BCUT2D eigenvalue weighted by molar-refractivity contribution is 0.473. The zero-order valence-corrected chi connectivity index (χ0v) is 5.14. The fourth-order valence-corrected chi connectivity index (χ4v) is 0.612. The summed E-state index contributed by atoms with van der Waals surface area (Å²) in [6.45, 7) is 3.38. The van der Waals surface area contributed by atoms with Crippen LogP contribution < -0.4 is 0 Å². The first-order valence-corrected chi connectivity index (χ1v) is 3.17. The Morgan fingerprint density at radius 3 is 2.67 bits per heavy atom. The van der Waals surface area contributed by atoms with Crippen LogP contribution in [0.5, 0.6) is 0 Å². The predicted molar refractivity (Wildman–Crippen MR) is 25.0 cm³/mol. The molecular weight excluding hydrogens is 112 g/mol. The van der Waals surface area contributed by atoms with E-state index in [0.29, 0.717) is 0 Å². The van der Waals surface area contributed by atoms with Gasteiger partial charge in [0.05, 0.1) is 0 Å². The fraction of sp³-hybridized carbons (Fsp3) is 0. The third-order valence-electron chi connectivity index (χ3n) is 0.188. The molecule has 0 amide bonds. The Morgan fingerprint density at radius 1 is 1.83 bits per heavy atom. The van der Waals surface area contributed by atoms with Gasteiger partial charge in [-0.2, -0.15) is 0 Å². The van der Waals surface area contributed by atoms with Crippen molar-refractivity contribution in [2.45, 2.75) is 0 Å². The van der Waals surface area contributed by atoms with Gasteiger partial charge in [-0.3, -0.25) is 0 Å². The maximum absolute atomic E-state index is 7.96. The topological polar surface area (TPSA) is 29.5 Å². The van der Waals surface area contributed by atoms with Crippen molar-refractivity contribution in [3.63, 3.8) is 0 Å². The van der Waals surface area contributed by atoms with Crippen LogP contribution in [-0.2, 0) is 4.12 Å². The van der Waals surface area contributed by atoms with Gasteiger partial charge in [-0.1, -0.05) is 5.70 Å². The molecule has 32 valence electrons. The van der Waals surface area contributed by atoms with E-state index in [4.69, 9.17) is 4.80 Å². The molecule has 2 nitrogen and oxygen atoms in total. The minimum absolute atomic E-state index is 0.241. The van der Waals surface area contributed by atoms with Gasteiger partial charge in [0.2, 0.25) is 9.76 Å². The summed E-state index contributed by atoms with van der Waals surface area (Å²) in [5, 5.41) is 0. The molecule has 0 aliphatic carbocycles. The first-order chi connectivity index (χ1) is 2.91. The highest BCUT2D eigenvalue weighted by Crippen LogP contribution is 1.59. The van der Waals surface area contributed by atoms with Gasteiger partial charge in [0.25, 0.3) is 0 Å². The number of rotatable bonds is 3. The number of hydrogen-bond acceptors (Lipinski definition) is 2. The van der Waals surface area contributed by atoms with Crippen molar-refractivity contribution in [3.8, 4) is 0 Å². The van der Waals surface area contributed by atoms with Crippen molar-refractivity contribution in [3.05, 3.63) is 12.3 Å². The van der Waals surface area contributed by atoms with Gasteiger partial charge in [0, 0.05) is 0 Å². The van der Waals surface area contributed by atoms with Crippen LogP contribution in [0, 0.1) is 0 Å². The molecule has 0 heterocycles. The molecule has 0 saturated carbocycles. The Kier molecular flexibility index (Phi) is 5.17. The van der Waals surface area contributed by atoms with E-state index in [1.807, 2.05) is 0 Å². The standard InChI is InChI=1S/C2H4O2Si2/c1-2-5-4-6-3/h2-3H,1H2. The molecule has 4 heteroatoms. The van der Waals surface area contributed by atoms with E-state index in [9.17, 15) is 0 Å². The van der Waals surface area contributed by atoms with Crippen molar-refractivity contribution < 1.29 is 8.91 Å². The molecule has 6 heavy (non-hydrogen) atoms. The first-order valence-electron chi connectivity index (χ1n) is 1.33. The van der Waals surface area contributed by atoms with E-state index in [1.165, 1.54) is 0 Å². The van der Waals surface area contributed by atoms with Crippen LogP contribution in [0.1, 0.15) is 0 Å². The van der Waals surface area contributed by atoms with Crippen LogP contribution in [0.3, 0.4) is 0 Å². The molecule has 0 aliphatic rings. The fourth-order valence-electron chi connectivity index (χ4n) is 0.0680. The van der Waals surface area contributed by atoms with Gasteiger partial charge >= 0.3 is 10.0 Å². The summed E-state index contributed by atoms with van der Waals surface area (Å²) in [6, 6.07) is 0. The Labute approximate surface area is 41.8 Å². The molecule has 1 N–H and O–H groups in total. The molecule has 0 saturated heterocycles. The molecule has 0 fully saturated rings. The first kappa shape index (κ1) is 6.09. The Morgan fingerprint density at radius 2 is 2.50 bits per heavy atom. The summed E-state index contributed by atoms with van der Waals surface area (Å²) in [5.74, 6) is 0. The van der Waals surface area contributed by atoms with Crippen LogP contribution in [0.4, 0.5) is 0 Å². The molecule has 0 aromatic heterocycles. The highest BCUT2D eigenvalue weighted by molar-refractivity contribution is 6.42. The van der Waals surface area contributed by atoms with Crippen LogP contribution in [0.25, 0.3) is 0 Å². The Balaban J connectivity index is 2.49. The lowest BCUT2D eigenvalue weighted by Gasteiger charge is -1.82. The van der Waals surface area contributed by atoms with Crippen molar-refractivity contribution in [1.82, 2.24) is 0 Å². The summed E-state index contributed by atoms with van der Waals surface area (Å²) in [4.78, 5) is 7.96. The van der Waals surface area contributed by atoms with Gasteiger partial charge in [-0.05, 0) is 0 Å². The second-order valence-electron chi connectivity index (χ2n) is 0.515. The van der Waals surface area contributed by atoms with Crippen LogP contribution >= 0.6 is 0 Å². The van der Waals surface area contributed by atoms with Gasteiger partial charge in [-0.15, -0.1) is 6.58 Å². The van der Waals surface area contributed by atoms with Crippen molar-refractivity contribution in [2.75, 3.05) is 0 Å². The van der Waals surface area contributed by atoms with Crippen molar-refractivity contribution >= 4 is 19.8 Å². The minimum Gasteiger partial charge on any atom is -0.431 e. The highest BCUT2D eigenvalue weighted by Gasteiger charge is 1.78. The Hall–Kier alpha value is 0.0938. The highest BCUT2D eigenvalue weighted by atomic mass is 28.3. The SMILES string of the molecule is C=C[Si]O[Si]O. The lowest BCUT2D eigenvalue weighted by atomic mass is 11.3. The normalized spacial score (nSPS) is 8.17. The molecule has 0 aliphatic heterocycles. The zero-order chi connectivity index (χ0) is 4.83. The van der Waals surface area contributed by atoms with Gasteiger partial charge in [0.1, 0.15) is 0 Å². The monoisotopic (exact) mass is 116 g/mol. The molecule has 0 spiro atoms. The van der Waals surface area contributed by atoms with Crippen LogP contribution in [0.15, 0.2) is 12.3 Å². The van der Waals surface area contributed by atoms with Gasteiger partial charge < -0.3 is 8.91 Å². The van der Waals surface area contributed by atoms with Crippen molar-refractivity contribution in [1.29, 1.82) is 0 Å². The molecule has 0 rings (SSSR count). The van der Waals surface area contributed by atoms with Crippen molar-refractivity contribution in [2.24, 2.45) is 0 Å². The van der Waals surface area contributed by atoms with E-state index in [2.05, 4.69) is 10.7 Å². The van der Waals surface area contributed by atoms with Gasteiger partial charge in [-0.25, -0.2) is 0 Å². The van der Waals surface area contributed by atoms with Crippen LogP contribution in [0.2, 0.25) is 0 Å². The smallest absolute Gasteiger partial charge is 0.418 e. The second kappa shape index (κ2) is 5.09. The minimum atomic E-state index is -0.394. The number of hydrogen-bond donors (Lipinski definition) is 1. The molecule has 0 bridgehead atoms. The zero-order valence-electron chi connectivity index (χ0n) is 3.14. The summed E-state index contributed by atoms with van der Waals surface area (Å²) in [5.41, 5.74) is 1.61. The average Bonchev–Trinajstić information content (AvgIpc) is 1.61.